The molecule has 3 aromatic carbocycles. The third kappa shape index (κ3) is 7.72. The number of rotatable bonds is 12. The Hall–Kier alpha value is -5.82. The Bertz CT molecular complexity index is 3030. The minimum Gasteiger partial charge on any atom is -0.494 e. The molecule has 14 heteroatoms. The molecule has 2 aliphatic rings. The van der Waals surface area contributed by atoms with Crippen LogP contribution in [0.3, 0.4) is 0 Å². The first-order valence-electron chi connectivity index (χ1n) is 22.6. The van der Waals surface area contributed by atoms with Gasteiger partial charge in [-0.2, -0.15) is 5.10 Å². The molecule has 2 N–H and O–H groups in total. The van der Waals surface area contributed by atoms with Crippen molar-refractivity contribution in [1.29, 1.82) is 0 Å². The third-order valence-electron chi connectivity index (χ3n) is 13.3. The molecule has 1 fully saturated rings. The quantitative estimate of drug-likeness (QED) is 0.116. The SMILES string of the molecule is CCc1c(C(=O)O)n(Cc2cccc(N3CCNCC3)n2)c2c(N3C[C@@H](C)n4c(c(CCCOc5cc(C)c(Cl)c(C)c5)c5ccc(Cl)c(-c6c(C)nn(C)c6C)c54)C3=O)cc(C)cc12. The molecule has 6 heterocycles. The summed E-state index contributed by atoms with van der Waals surface area (Å²) in [6.45, 7) is 18.5. The van der Waals surface area contributed by atoms with Crippen molar-refractivity contribution in [3.63, 3.8) is 0 Å². The van der Waals surface area contributed by atoms with E-state index in [1.54, 1.807) is 0 Å². The number of carboxylic acid groups (broad SMARTS) is 1. The summed E-state index contributed by atoms with van der Waals surface area (Å²) in [4.78, 5) is 38.4. The smallest absolute Gasteiger partial charge is 0.352 e. The van der Waals surface area contributed by atoms with Gasteiger partial charge in [0.1, 0.15) is 23.0 Å². The molecule has 4 aromatic heterocycles. The molecule has 0 spiro atoms. The Morgan fingerprint density at radius 2 is 1.68 bits per heavy atom. The number of aromatic nitrogens is 5. The van der Waals surface area contributed by atoms with Crippen LogP contribution in [0.4, 0.5) is 11.5 Å². The van der Waals surface area contributed by atoms with Crippen LogP contribution in [0.15, 0.2) is 54.6 Å². The molecule has 0 radical (unpaired) electrons. The Kier molecular flexibility index (Phi) is 12.0. The van der Waals surface area contributed by atoms with Crippen LogP contribution in [0, 0.1) is 34.6 Å². The van der Waals surface area contributed by atoms with Crippen molar-refractivity contribution in [2.24, 2.45) is 7.05 Å². The van der Waals surface area contributed by atoms with Crippen molar-refractivity contribution >= 4 is 68.4 Å². The maximum absolute atomic E-state index is 15.8. The molecular weight excluding hydrogens is 860 g/mol. The van der Waals surface area contributed by atoms with Gasteiger partial charge in [0.05, 0.1) is 46.3 Å². The number of halogens is 2. The first-order valence-corrected chi connectivity index (χ1v) is 23.3. The van der Waals surface area contributed by atoms with E-state index in [9.17, 15) is 9.90 Å². The van der Waals surface area contributed by atoms with Gasteiger partial charge in [0, 0.05) is 78.4 Å². The van der Waals surface area contributed by atoms with Gasteiger partial charge < -0.3 is 34.1 Å². The molecule has 0 bridgehead atoms. The van der Waals surface area contributed by atoms with Gasteiger partial charge in [-0.1, -0.05) is 42.3 Å². The summed E-state index contributed by atoms with van der Waals surface area (Å²) in [5.41, 5.74) is 12.0. The maximum atomic E-state index is 15.8. The van der Waals surface area contributed by atoms with Crippen LogP contribution in [0.2, 0.25) is 10.0 Å². The van der Waals surface area contributed by atoms with Crippen LogP contribution in [0.5, 0.6) is 5.75 Å². The zero-order chi connectivity index (χ0) is 46.0. The summed E-state index contributed by atoms with van der Waals surface area (Å²) in [5, 5.41) is 22.2. The number of carbonyl (C=O) groups is 2. The number of carboxylic acids is 1. The van der Waals surface area contributed by atoms with Crippen molar-refractivity contribution < 1.29 is 19.4 Å². The molecule has 338 valence electrons. The summed E-state index contributed by atoms with van der Waals surface area (Å²) >= 11 is 13.7. The molecule has 0 saturated carbocycles. The zero-order valence-corrected chi connectivity index (χ0v) is 39.9. The number of amides is 1. The van der Waals surface area contributed by atoms with E-state index in [1.165, 1.54) is 0 Å². The van der Waals surface area contributed by atoms with E-state index in [2.05, 4.69) is 27.8 Å². The molecule has 9 rings (SSSR count). The second-order valence-electron chi connectivity index (χ2n) is 17.7. The van der Waals surface area contributed by atoms with E-state index in [-0.39, 0.29) is 24.2 Å². The van der Waals surface area contributed by atoms with Gasteiger partial charge in [-0.05, 0) is 131 Å². The summed E-state index contributed by atoms with van der Waals surface area (Å²) in [6.07, 6.45) is 1.69. The summed E-state index contributed by atoms with van der Waals surface area (Å²) in [5.74, 6) is 0.445. The van der Waals surface area contributed by atoms with Crippen molar-refractivity contribution in [1.82, 2.24) is 29.2 Å². The second kappa shape index (κ2) is 17.5. The molecule has 12 nitrogen and oxygen atoms in total. The third-order valence-corrected chi connectivity index (χ3v) is 14.3. The molecule has 1 atom stereocenters. The minimum atomic E-state index is -1.02. The van der Waals surface area contributed by atoms with E-state index < -0.39 is 5.97 Å². The number of benzene rings is 3. The maximum Gasteiger partial charge on any atom is 0.352 e. The first-order chi connectivity index (χ1) is 31.2. The van der Waals surface area contributed by atoms with Gasteiger partial charge in [-0.15, -0.1) is 0 Å². The second-order valence-corrected chi connectivity index (χ2v) is 18.5. The van der Waals surface area contributed by atoms with E-state index in [0.29, 0.717) is 54.3 Å². The van der Waals surface area contributed by atoms with E-state index in [1.807, 2.05) is 111 Å². The fourth-order valence-electron chi connectivity index (χ4n) is 10.4. The van der Waals surface area contributed by atoms with Crippen LogP contribution in [-0.4, -0.2) is 80.2 Å². The summed E-state index contributed by atoms with van der Waals surface area (Å²) in [6, 6.07) is 17.7. The topological polar surface area (TPSA) is 123 Å². The lowest BCUT2D eigenvalue weighted by molar-refractivity contribution is 0.0684. The lowest BCUT2D eigenvalue weighted by Crippen LogP contribution is -2.44. The molecule has 0 unspecified atom stereocenters. The Morgan fingerprint density at radius 1 is 0.938 bits per heavy atom. The zero-order valence-electron chi connectivity index (χ0n) is 38.4. The highest BCUT2D eigenvalue weighted by Gasteiger charge is 2.38. The number of ether oxygens (including phenoxy) is 1. The standard InChI is InChI=1S/C51H56Cl2N8O4/c1-9-36-39-22-28(2)23-41(46(39)60(49(36)51(63)64)27-34-12-10-14-42(55-34)58-19-17-54-18-20-58)59-26-31(5)61-47-38(15-16-40(52)44(47)43-32(6)56-57(8)33(43)7)37(48(61)50(59)62)13-11-21-65-35-24-29(3)45(53)30(4)25-35/h10,12,14-16,22-25,31,54H,9,11,13,17-21,26-27H2,1-8H3,(H,63,64)/t31-/m1/s1. The average Bonchev–Trinajstić information content (AvgIpc) is 3.87. The fourth-order valence-corrected chi connectivity index (χ4v) is 10.7. The van der Waals surface area contributed by atoms with Crippen LogP contribution in [0.1, 0.15) is 92.2 Å². The van der Waals surface area contributed by atoms with Crippen LogP contribution < -0.4 is 19.9 Å². The number of aryl methyl sites for hydroxylation is 7. The van der Waals surface area contributed by atoms with Crippen molar-refractivity contribution in [2.45, 2.75) is 80.3 Å². The lowest BCUT2D eigenvalue weighted by atomic mass is 9.98. The molecule has 7 aromatic rings. The normalized spacial score (nSPS) is 15.4. The van der Waals surface area contributed by atoms with Gasteiger partial charge in [0.2, 0.25) is 0 Å². The highest BCUT2D eigenvalue weighted by atomic mass is 35.5. The number of anilines is 2. The molecule has 2 aliphatic heterocycles. The van der Waals surface area contributed by atoms with Gasteiger partial charge in [0.15, 0.2) is 0 Å². The Morgan fingerprint density at radius 3 is 2.35 bits per heavy atom. The summed E-state index contributed by atoms with van der Waals surface area (Å²) < 4.78 is 12.3. The Labute approximate surface area is 389 Å². The van der Waals surface area contributed by atoms with E-state index >= 15 is 4.79 Å². The minimum absolute atomic E-state index is 0.158. The largest absolute Gasteiger partial charge is 0.494 e. The fraction of sp³-hybridized carbons (Fsp3) is 0.373. The Balaban J connectivity index is 1.20. The number of hydrogen-bond acceptors (Lipinski definition) is 7. The molecule has 1 saturated heterocycles. The molecule has 0 aliphatic carbocycles. The molecular formula is C51H56Cl2N8O4. The molecule has 65 heavy (non-hydrogen) atoms. The number of nitrogens with zero attached hydrogens (tertiary/aromatic N) is 7. The number of aromatic carboxylic acids is 1. The van der Waals surface area contributed by atoms with E-state index in [0.717, 1.165) is 115 Å². The predicted molar refractivity (Wildman–Crippen MR) is 261 cm³/mol. The van der Waals surface area contributed by atoms with Gasteiger partial charge in [-0.25, -0.2) is 9.78 Å². The van der Waals surface area contributed by atoms with Crippen molar-refractivity contribution in [3.8, 4) is 16.9 Å². The highest BCUT2D eigenvalue weighted by Crippen LogP contribution is 2.46. The van der Waals surface area contributed by atoms with Crippen molar-refractivity contribution in [2.75, 3.05) is 49.1 Å². The van der Waals surface area contributed by atoms with Gasteiger partial charge >= 0.3 is 5.97 Å². The van der Waals surface area contributed by atoms with Gasteiger partial charge in [-0.3, -0.25) is 9.48 Å². The van der Waals surface area contributed by atoms with Crippen LogP contribution in [0.25, 0.3) is 32.9 Å². The van der Waals surface area contributed by atoms with E-state index in [4.69, 9.17) is 38.0 Å². The number of hydrogen-bond donors (Lipinski definition) is 2. The lowest BCUT2D eigenvalue weighted by Gasteiger charge is -2.35. The summed E-state index contributed by atoms with van der Waals surface area (Å²) in [7, 11) is 1.93. The first kappa shape index (κ1) is 44.4. The van der Waals surface area contributed by atoms with Crippen LogP contribution in [-0.2, 0) is 26.4 Å². The van der Waals surface area contributed by atoms with Crippen LogP contribution >= 0.6 is 23.2 Å². The predicted octanol–water partition coefficient (Wildman–Crippen LogP) is 10.2. The number of carbonyl (C=O) groups excluding carboxylic acids is 1. The van der Waals surface area contributed by atoms with Gasteiger partial charge in [0.25, 0.3) is 5.91 Å². The molecule has 1 amide bonds. The number of fused-ring (bicyclic) bond motifs is 4. The average molecular weight is 916 g/mol. The number of pyridine rings is 1. The monoisotopic (exact) mass is 914 g/mol. The number of nitrogens with one attached hydrogen (secondary N) is 1. The highest BCUT2D eigenvalue weighted by molar-refractivity contribution is 6.35. The van der Waals surface area contributed by atoms with Crippen molar-refractivity contribution in [3.05, 3.63) is 121 Å². The number of piperazine rings is 1.